The first kappa shape index (κ1) is 27.1. The summed E-state index contributed by atoms with van der Waals surface area (Å²) in [6, 6.07) is 16.1. The Balaban J connectivity index is 1.27. The molecule has 2 fully saturated rings. The number of pyridine rings is 1. The summed E-state index contributed by atoms with van der Waals surface area (Å²) in [5.74, 6) is 1.37. The molecule has 220 valence electrons. The van der Waals surface area contributed by atoms with Crippen molar-refractivity contribution in [3.05, 3.63) is 78.2 Å². The molecular formula is C32H34N8O3. The topological polar surface area (TPSA) is 110 Å². The number of amides is 2. The number of likely N-dealkylation sites (tertiary alicyclic amines) is 1. The highest BCUT2D eigenvalue weighted by Crippen LogP contribution is 2.35. The van der Waals surface area contributed by atoms with Crippen LogP contribution in [0.5, 0.6) is 0 Å². The molecule has 1 aromatic carbocycles. The van der Waals surface area contributed by atoms with Crippen LogP contribution in [-0.2, 0) is 22.6 Å². The number of carbonyl (C=O) groups is 2. The zero-order valence-corrected chi connectivity index (χ0v) is 24.3. The maximum Gasteiger partial charge on any atom is 0.257 e. The van der Waals surface area contributed by atoms with Gasteiger partial charge in [-0.1, -0.05) is 30.3 Å². The van der Waals surface area contributed by atoms with Gasteiger partial charge in [0.25, 0.3) is 5.91 Å². The average molecular weight is 579 g/mol. The van der Waals surface area contributed by atoms with Crippen LogP contribution in [0.2, 0.25) is 0 Å². The Bertz CT molecular complexity index is 1760. The van der Waals surface area contributed by atoms with Crippen LogP contribution in [0, 0.1) is 0 Å². The Kier molecular flexibility index (Phi) is 7.02. The van der Waals surface area contributed by atoms with Crippen molar-refractivity contribution in [1.29, 1.82) is 0 Å². The summed E-state index contributed by atoms with van der Waals surface area (Å²) < 4.78 is 9.10. The molecule has 43 heavy (non-hydrogen) atoms. The largest absolute Gasteiger partial charge is 0.379 e. The van der Waals surface area contributed by atoms with E-state index in [-0.39, 0.29) is 30.5 Å². The molecule has 1 saturated carbocycles. The van der Waals surface area contributed by atoms with Gasteiger partial charge in [-0.25, -0.2) is 9.97 Å². The van der Waals surface area contributed by atoms with Crippen LogP contribution in [0.1, 0.15) is 35.2 Å². The second-order valence-electron chi connectivity index (χ2n) is 11.3. The first-order valence-electron chi connectivity index (χ1n) is 14.7. The van der Waals surface area contributed by atoms with Crippen molar-refractivity contribution < 1.29 is 14.3 Å². The monoisotopic (exact) mass is 578 g/mol. The number of rotatable bonds is 9. The zero-order chi connectivity index (χ0) is 29.5. The van der Waals surface area contributed by atoms with Crippen LogP contribution < -0.4 is 10.2 Å². The van der Waals surface area contributed by atoms with E-state index in [1.54, 1.807) is 24.0 Å². The van der Waals surface area contributed by atoms with Gasteiger partial charge in [0.05, 0.1) is 24.0 Å². The standard InChI is InChI=1S/C32H34N8O3/c1-37(19-21-8-4-3-5-9-21)28-16-26(35-31-24(18-34-40(28)31)32(42)36-25-11-12-27(25)43-2)23-17-33-30-22(23)10-6-13-39(30)20-29(41)38-14-7-15-38/h3-6,8-10,13,16-18,25,27H,7,11-12,14-15,19-20H2,1-2H3,(H,36,42)/t25-,27-/m0/s1. The maximum absolute atomic E-state index is 13.5. The molecule has 1 saturated heterocycles. The maximum atomic E-state index is 13.5. The van der Waals surface area contributed by atoms with Gasteiger partial charge in [0.2, 0.25) is 5.91 Å². The minimum Gasteiger partial charge on any atom is -0.379 e. The van der Waals surface area contributed by atoms with Gasteiger partial charge in [0.15, 0.2) is 5.65 Å². The van der Waals surface area contributed by atoms with E-state index in [1.165, 1.54) is 0 Å². The molecule has 2 atom stereocenters. The third-order valence-electron chi connectivity index (χ3n) is 8.62. The Morgan fingerprint density at radius 2 is 1.91 bits per heavy atom. The van der Waals surface area contributed by atoms with Crippen molar-refractivity contribution in [1.82, 2.24) is 34.4 Å². The number of aromatic nitrogens is 5. The number of hydrogen-bond donors (Lipinski definition) is 1. The van der Waals surface area contributed by atoms with Crippen LogP contribution in [0.25, 0.3) is 28.3 Å². The van der Waals surface area contributed by atoms with Crippen molar-refractivity contribution >= 4 is 23.3 Å². The highest BCUT2D eigenvalue weighted by molar-refractivity contribution is 6.00. The van der Waals surface area contributed by atoms with Crippen LogP contribution in [0.3, 0.4) is 0 Å². The summed E-state index contributed by atoms with van der Waals surface area (Å²) in [5, 5.41) is 7.72. The summed E-state index contributed by atoms with van der Waals surface area (Å²) in [7, 11) is 3.67. The molecule has 3 aromatic rings. The van der Waals surface area contributed by atoms with Crippen LogP contribution in [0.4, 0.5) is 5.82 Å². The van der Waals surface area contributed by atoms with Crippen molar-refractivity contribution in [3.63, 3.8) is 0 Å². The molecule has 0 unspecified atom stereocenters. The number of anilines is 1. The molecule has 0 bridgehead atoms. The number of nitrogens with one attached hydrogen (secondary N) is 1. The molecule has 0 radical (unpaired) electrons. The normalized spacial score (nSPS) is 18.0. The van der Waals surface area contributed by atoms with Gasteiger partial charge in [-0.3, -0.25) is 9.59 Å². The van der Waals surface area contributed by atoms with E-state index in [2.05, 4.69) is 27.4 Å². The molecule has 3 aliphatic heterocycles. The summed E-state index contributed by atoms with van der Waals surface area (Å²) in [6.45, 7) is 2.50. The van der Waals surface area contributed by atoms with E-state index >= 15 is 0 Å². The molecular weight excluding hydrogens is 544 g/mol. The molecule has 0 spiro atoms. The molecule has 5 heterocycles. The van der Waals surface area contributed by atoms with Crippen molar-refractivity contribution in [3.8, 4) is 22.6 Å². The first-order valence-corrected chi connectivity index (χ1v) is 14.7. The summed E-state index contributed by atoms with van der Waals surface area (Å²) >= 11 is 0. The second kappa shape index (κ2) is 11.1. The molecule has 2 aromatic heterocycles. The van der Waals surface area contributed by atoms with Crippen molar-refractivity contribution in [2.24, 2.45) is 0 Å². The molecule has 11 nitrogen and oxygen atoms in total. The molecule has 1 aliphatic carbocycles. The van der Waals surface area contributed by atoms with Crippen molar-refractivity contribution in [2.45, 2.75) is 44.5 Å². The lowest BCUT2D eigenvalue weighted by Crippen LogP contribution is -2.51. The summed E-state index contributed by atoms with van der Waals surface area (Å²) in [5.41, 5.74) is 4.38. The smallest absolute Gasteiger partial charge is 0.257 e. The number of carbonyl (C=O) groups excluding carboxylic acids is 2. The highest BCUT2D eigenvalue weighted by Gasteiger charge is 2.33. The molecule has 1 N–H and O–H groups in total. The Morgan fingerprint density at radius 1 is 1.07 bits per heavy atom. The Hall–Kier alpha value is -4.77. The minimum atomic E-state index is -0.226. The first-order chi connectivity index (χ1) is 21.0. The summed E-state index contributed by atoms with van der Waals surface area (Å²) in [6.07, 6.45) is 8.13. The van der Waals surface area contributed by atoms with Crippen molar-refractivity contribution in [2.75, 3.05) is 32.1 Å². The second-order valence-corrected chi connectivity index (χ2v) is 11.3. The fourth-order valence-corrected chi connectivity index (χ4v) is 5.85. The van der Waals surface area contributed by atoms with Gasteiger partial charge in [-0.2, -0.15) is 9.61 Å². The van der Waals surface area contributed by atoms with Gasteiger partial charge < -0.3 is 24.4 Å². The Morgan fingerprint density at radius 3 is 2.63 bits per heavy atom. The predicted molar refractivity (Wildman–Crippen MR) is 162 cm³/mol. The molecule has 11 heteroatoms. The van der Waals surface area contributed by atoms with Crippen LogP contribution in [-0.4, -0.2) is 80.3 Å². The van der Waals surface area contributed by atoms with E-state index < -0.39 is 0 Å². The lowest BCUT2D eigenvalue weighted by Gasteiger charge is -2.35. The van der Waals surface area contributed by atoms with E-state index in [0.29, 0.717) is 29.3 Å². The third-order valence-corrected chi connectivity index (χ3v) is 8.62. The highest BCUT2D eigenvalue weighted by atomic mass is 16.5. The number of methoxy groups -OCH3 is 1. The Labute approximate surface area is 249 Å². The van der Waals surface area contributed by atoms with Gasteiger partial charge in [-0.05, 0) is 37.0 Å². The number of ether oxygens (including phenoxy) is 1. The van der Waals surface area contributed by atoms with Gasteiger partial charge in [0, 0.05) is 63.4 Å². The molecule has 7 rings (SSSR count). The number of benzene rings is 1. The predicted octanol–water partition coefficient (Wildman–Crippen LogP) is 3.47. The average Bonchev–Trinajstić information content (AvgIpc) is 3.60. The fourth-order valence-electron chi connectivity index (χ4n) is 5.85. The fraction of sp³-hybridized carbons (Fsp3) is 0.344. The van der Waals surface area contributed by atoms with E-state index in [9.17, 15) is 9.59 Å². The lowest BCUT2D eigenvalue weighted by molar-refractivity contribution is -0.135. The van der Waals surface area contributed by atoms with E-state index in [1.807, 2.05) is 59.1 Å². The van der Waals surface area contributed by atoms with Crippen LogP contribution in [0.15, 0.2) is 67.1 Å². The number of nitrogens with zero attached hydrogens (tertiary/aromatic N) is 7. The third kappa shape index (κ3) is 4.99. The lowest BCUT2D eigenvalue weighted by atomic mass is 9.89. The van der Waals surface area contributed by atoms with Gasteiger partial charge in [-0.15, -0.1) is 0 Å². The minimum absolute atomic E-state index is 0.0169. The van der Waals surface area contributed by atoms with Crippen LogP contribution >= 0.6 is 0 Å². The van der Waals surface area contributed by atoms with E-state index in [0.717, 1.165) is 54.9 Å². The quantitative estimate of drug-likeness (QED) is 0.285. The zero-order valence-electron chi connectivity index (χ0n) is 24.3. The SMILES string of the molecule is CO[C@H]1CC[C@@H]1NC(=O)c1cnn2c(N(C)Cc3ccccc3)cc(-c3cnc4n(CC(=O)N5CCC5)cccc3-4)nc12. The van der Waals surface area contributed by atoms with Gasteiger partial charge in [0.1, 0.15) is 23.8 Å². The molecule has 4 aliphatic rings. The number of hydrogen-bond acceptors (Lipinski definition) is 7. The van der Waals surface area contributed by atoms with Gasteiger partial charge >= 0.3 is 0 Å². The molecule has 2 amide bonds. The number of fused-ring (bicyclic) bond motifs is 2. The summed E-state index contributed by atoms with van der Waals surface area (Å²) in [4.78, 5) is 39.9. The van der Waals surface area contributed by atoms with E-state index in [4.69, 9.17) is 14.7 Å².